The van der Waals surface area contributed by atoms with Crippen LogP contribution in [0.4, 0.5) is 0 Å². The van der Waals surface area contributed by atoms with Crippen molar-refractivity contribution in [2.75, 3.05) is 20.8 Å². The van der Waals surface area contributed by atoms with Crippen molar-refractivity contribution in [1.82, 2.24) is 25.1 Å². The van der Waals surface area contributed by atoms with Crippen LogP contribution >= 0.6 is 12.4 Å². The Bertz CT molecular complexity index is 1280. The third-order valence-corrected chi connectivity index (χ3v) is 5.35. The zero-order valence-corrected chi connectivity index (χ0v) is 20.9. The fourth-order valence-corrected chi connectivity index (χ4v) is 3.63. The van der Waals surface area contributed by atoms with E-state index in [0.717, 1.165) is 57.0 Å². The fourth-order valence-electron chi connectivity index (χ4n) is 3.63. The molecule has 0 bridgehead atoms. The molecule has 4 rings (SSSR count). The molecule has 0 saturated carbocycles. The highest BCUT2D eigenvalue weighted by Crippen LogP contribution is 2.32. The number of methoxy groups -OCH3 is 2. The van der Waals surface area contributed by atoms with E-state index >= 15 is 0 Å². The normalized spacial score (nSPS) is 11.5. The van der Waals surface area contributed by atoms with Crippen LogP contribution in [0.15, 0.2) is 61.1 Å². The lowest BCUT2D eigenvalue weighted by Crippen LogP contribution is -2.22. The van der Waals surface area contributed by atoms with Gasteiger partial charge in [0.1, 0.15) is 11.5 Å². The van der Waals surface area contributed by atoms with E-state index in [9.17, 15) is 0 Å². The van der Waals surface area contributed by atoms with Crippen LogP contribution in [0.25, 0.3) is 27.9 Å². The van der Waals surface area contributed by atoms with Gasteiger partial charge < -0.3 is 14.8 Å². The van der Waals surface area contributed by atoms with Gasteiger partial charge in [-0.1, -0.05) is 26.0 Å². The second kappa shape index (κ2) is 11.1. The summed E-state index contributed by atoms with van der Waals surface area (Å²) in [6, 6.07) is 12.5. The minimum Gasteiger partial charge on any atom is -0.497 e. The van der Waals surface area contributed by atoms with Crippen molar-refractivity contribution in [3.05, 3.63) is 72.2 Å². The minimum atomic E-state index is 0. The van der Waals surface area contributed by atoms with Crippen LogP contribution in [-0.4, -0.2) is 46.6 Å². The number of hydrogen-bond acceptors (Lipinski definition) is 6. The maximum Gasteiger partial charge on any atom is 0.123 e. The summed E-state index contributed by atoms with van der Waals surface area (Å²) in [5.41, 5.74) is 6.51. The molecule has 0 aliphatic heterocycles. The van der Waals surface area contributed by atoms with Gasteiger partial charge in [0.15, 0.2) is 0 Å². The zero-order valence-electron chi connectivity index (χ0n) is 20.1. The lowest BCUT2D eigenvalue weighted by atomic mass is 9.96. The number of nitrogens with one attached hydrogen (secondary N) is 1. The van der Waals surface area contributed by atoms with E-state index < -0.39 is 0 Å². The lowest BCUT2D eigenvalue weighted by Gasteiger charge is -2.14. The molecule has 7 nitrogen and oxygen atoms in total. The highest BCUT2D eigenvalue weighted by atomic mass is 35.5. The molecule has 0 atom stereocenters. The van der Waals surface area contributed by atoms with Crippen molar-refractivity contribution < 1.29 is 9.47 Å². The molecular formula is C26H30ClN5O2. The van der Waals surface area contributed by atoms with Crippen LogP contribution < -0.4 is 14.8 Å². The molecule has 0 unspecified atom stereocenters. The first-order valence-electron chi connectivity index (χ1n) is 10.9. The molecular weight excluding hydrogens is 450 g/mol. The smallest absolute Gasteiger partial charge is 0.123 e. The number of nitrogens with zero attached hydrogens (tertiary/aromatic N) is 4. The third kappa shape index (κ3) is 5.73. The van der Waals surface area contributed by atoms with Crippen molar-refractivity contribution >= 4 is 29.0 Å². The van der Waals surface area contributed by atoms with E-state index in [2.05, 4.69) is 47.5 Å². The number of benzene rings is 2. The van der Waals surface area contributed by atoms with Gasteiger partial charge in [-0.15, -0.1) is 12.4 Å². The van der Waals surface area contributed by atoms with Crippen molar-refractivity contribution in [1.29, 1.82) is 0 Å². The maximum absolute atomic E-state index is 5.51. The predicted octanol–water partition coefficient (Wildman–Crippen LogP) is 4.90. The molecule has 1 N–H and O–H groups in total. The number of aryl methyl sites for hydroxylation is 1. The van der Waals surface area contributed by atoms with E-state index in [1.165, 1.54) is 0 Å². The Kier molecular flexibility index (Phi) is 8.26. The molecule has 2 aromatic carbocycles. The molecule has 4 aromatic rings. The van der Waals surface area contributed by atoms with Crippen LogP contribution in [0.2, 0.25) is 0 Å². The van der Waals surface area contributed by atoms with Gasteiger partial charge in [-0.05, 0) is 41.0 Å². The van der Waals surface area contributed by atoms with Gasteiger partial charge in [-0.25, -0.2) is 4.98 Å². The molecule has 2 aromatic heterocycles. The number of fused-ring (bicyclic) bond motifs is 1. The van der Waals surface area contributed by atoms with Crippen molar-refractivity contribution in [3.63, 3.8) is 0 Å². The average Bonchev–Trinajstić information content (AvgIpc) is 3.26. The molecule has 34 heavy (non-hydrogen) atoms. The van der Waals surface area contributed by atoms with E-state index in [-0.39, 0.29) is 12.4 Å². The number of rotatable bonds is 8. The summed E-state index contributed by atoms with van der Waals surface area (Å²) in [5, 5.41) is 7.71. The molecule has 0 aliphatic carbocycles. The molecule has 2 heterocycles. The van der Waals surface area contributed by atoms with E-state index in [1.54, 1.807) is 31.3 Å². The van der Waals surface area contributed by atoms with Gasteiger partial charge in [0.05, 0.1) is 43.3 Å². The topological polar surface area (TPSA) is 74.1 Å². The first-order chi connectivity index (χ1) is 16.0. The Labute approximate surface area is 206 Å². The fraction of sp³-hybridized carbons (Fsp3) is 0.269. The summed E-state index contributed by atoms with van der Waals surface area (Å²) in [5.74, 6) is 1.48. The monoisotopic (exact) mass is 479 g/mol. The maximum atomic E-state index is 5.51. The summed E-state index contributed by atoms with van der Waals surface area (Å²) < 4.78 is 12.8. The quantitative estimate of drug-likeness (QED) is 0.387. The Hall–Kier alpha value is -3.42. The standard InChI is InChI=1S/C26H29N5O2.ClH/c1-17(2)27-9-8-23(19-10-21(32-4)13-22(11-19)33-5)18-6-7-24-25(12-18)30-26(15-28-24)20-14-29-31(3)16-20;/h6-8,10-17,27H,9H2,1-5H3;1H/b23-8+;. The van der Waals surface area contributed by atoms with E-state index in [1.807, 2.05) is 37.5 Å². The zero-order chi connectivity index (χ0) is 23.4. The largest absolute Gasteiger partial charge is 0.497 e. The molecule has 178 valence electrons. The van der Waals surface area contributed by atoms with Gasteiger partial charge in [-0.2, -0.15) is 5.10 Å². The van der Waals surface area contributed by atoms with Gasteiger partial charge in [0.2, 0.25) is 0 Å². The summed E-state index contributed by atoms with van der Waals surface area (Å²) >= 11 is 0. The van der Waals surface area contributed by atoms with Gasteiger partial charge in [0.25, 0.3) is 0 Å². The first kappa shape index (κ1) is 25.2. The SMILES string of the molecule is COc1cc(OC)cc(/C(=C/CNC(C)C)c2ccc3ncc(-c4cnn(C)c4)nc3c2)c1.Cl. The minimum absolute atomic E-state index is 0. The van der Waals surface area contributed by atoms with Gasteiger partial charge in [-0.3, -0.25) is 9.67 Å². The van der Waals surface area contributed by atoms with Crippen molar-refractivity contribution in [3.8, 4) is 22.8 Å². The Morgan fingerprint density at radius 1 is 1.00 bits per heavy atom. The average molecular weight is 480 g/mol. The van der Waals surface area contributed by atoms with Crippen LogP contribution in [0, 0.1) is 0 Å². The summed E-state index contributed by atoms with van der Waals surface area (Å²) in [6.07, 6.45) is 7.71. The number of ether oxygens (including phenoxy) is 2. The summed E-state index contributed by atoms with van der Waals surface area (Å²) in [6.45, 7) is 4.99. The molecule has 0 saturated heterocycles. The van der Waals surface area contributed by atoms with Crippen LogP contribution in [0.5, 0.6) is 11.5 Å². The molecule has 0 amide bonds. The van der Waals surface area contributed by atoms with E-state index in [0.29, 0.717) is 6.04 Å². The molecule has 0 spiro atoms. The Morgan fingerprint density at radius 2 is 1.74 bits per heavy atom. The number of aromatic nitrogens is 4. The second-order valence-corrected chi connectivity index (χ2v) is 8.14. The molecule has 0 aliphatic rings. The summed E-state index contributed by atoms with van der Waals surface area (Å²) in [4.78, 5) is 9.47. The van der Waals surface area contributed by atoms with Crippen molar-refractivity contribution in [2.45, 2.75) is 19.9 Å². The molecule has 8 heteroatoms. The van der Waals surface area contributed by atoms with Crippen LogP contribution in [0.1, 0.15) is 25.0 Å². The van der Waals surface area contributed by atoms with Crippen LogP contribution in [-0.2, 0) is 7.05 Å². The summed E-state index contributed by atoms with van der Waals surface area (Å²) in [7, 11) is 5.21. The highest BCUT2D eigenvalue weighted by Gasteiger charge is 2.12. The Balaban J connectivity index is 0.00000324. The highest BCUT2D eigenvalue weighted by molar-refractivity contribution is 5.87. The predicted molar refractivity (Wildman–Crippen MR) is 139 cm³/mol. The van der Waals surface area contributed by atoms with Crippen LogP contribution in [0.3, 0.4) is 0 Å². The molecule has 0 radical (unpaired) electrons. The Morgan fingerprint density at radius 3 is 2.35 bits per heavy atom. The van der Waals surface area contributed by atoms with Crippen molar-refractivity contribution in [2.24, 2.45) is 7.05 Å². The third-order valence-electron chi connectivity index (χ3n) is 5.35. The lowest BCUT2D eigenvalue weighted by molar-refractivity contribution is 0.394. The van der Waals surface area contributed by atoms with Gasteiger partial charge >= 0.3 is 0 Å². The van der Waals surface area contributed by atoms with E-state index in [4.69, 9.17) is 14.5 Å². The molecule has 0 fully saturated rings. The van der Waals surface area contributed by atoms with Gasteiger partial charge in [0, 0.05) is 37.5 Å². The number of halogens is 1. The second-order valence-electron chi connectivity index (χ2n) is 8.14. The first-order valence-corrected chi connectivity index (χ1v) is 10.9. The number of hydrogen-bond donors (Lipinski definition) is 1.